The van der Waals surface area contributed by atoms with Crippen molar-refractivity contribution in [2.24, 2.45) is 5.92 Å². The van der Waals surface area contributed by atoms with Gasteiger partial charge in [-0.1, -0.05) is 6.07 Å². The third-order valence-electron chi connectivity index (χ3n) is 6.76. The van der Waals surface area contributed by atoms with E-state index in [0.29, 0.717) is 42.1 Å². The van der Waals surface area contributed by atoms with Crippen LogP contribution in [-0.2, 0) is 11.2 Å². The molecule has 0 radical (unpaired) electrons. The number of non-ortho nitro benzene ring substituents is 1. The molecule has 2 atom stereocenters. The van der Waals surface area contributed by atoms with Gasteiger partial charge in [0.2, 0.25) is 5.91 Å². The Morgan fingerprint density at radius 1 is 1.18 bits per heavy atom. The molecule has 1 aliphatic heterocycles. The van der Waals surface area contributed by atoms with Crippen LogP contribution in [-0.4, -0.2) is 35.6 Å². The molecule has 9 heteroatoms. The highest BCUT2D eigenvalue weighted by atomic mass is 16.6. The van der Waals surface area contributed by atoms with E-state index in [-0.39, 0.29) is 29.5 Å². The Balaban J connectivity index is 1.33. The molecule has 1 amide bonds. The molecule has 2 heterocycles. The maximum Gasteiger partial charge on any atom is 0.271 e. The second-order valence-corrected chi connectivity index (χ2v) is 9.03. The lowest BCUT2D eigenvalue weighted by atomic mass is 9.83. The summed E-state index contributed by atoms with van der Waals surface area (Å²) in [6.45, 7) is 0.546. The zero-order chi connectivity index (χ0) is 23.7. The van der Waals surface area contributed by atoms with E-state index in [1.54, 1.807) is 7.11 Å². The lowest BCUT2D eigenvalue weighted by Gasteiger charge is -2.29. The summed E-state index contributed by atoms with van der Waals surface area (Å²) >= 11 is 0. The molecule has 9 nitrogen and oxygen atoms in total. The molecule has 0 spiro atoms. The first-order chi connectivity index (χ1) is 16.5. The van der Waals surface area contributed by atoms with Gasteiger partial charge in [0, 0.05) is 36.9 Å². The van der Waals surface area contributed by atoms with Crippen molar-refractivity contribution in [3.05, 3.63) is 58.0 Å². The zero-order valence-corrected chi connectivity index (χ0v) is 19.0. The zero-order valence-electron chi connectivity index (χ0n) is 19.0. The average Bonchev–Trinajstić information content (AvgIpc) is 3.49. The average molecular weight is 466 g/mol. The van der Waals surface area contributed by atoms with Crippen LogP contribution in [0.1, 0.15) is 49.5 Å². The number of methoxy groups -OCH3 is 1. The number of nitro benzene ring substituents is 1. The second-order valence-electron chi connectivity index (χ2n) is 9.03. The van der Waals surface area contributed by atoms with Gasteiger partial charge in [0.05, 0.1) is 18.1 Å². The molecule has 34 heavy (non-hydrogen) atoms. The smallest absolute Gasteiger partial charge is 0.271 e. The topological polar surface area (TPSA) is 117 Å². The van der Waals surface area contributed by atoms with Crippen LogP contribution in [0.5, 0.6) is 11.5 Å². The molecule has 2 aromatic carbocycles. The Kier molecular flexibility index (Phi) is 6.08. The Morgan fingerprint density at radius 3 is 2.76 bits per heavy atom. The van der Waals surface area contributed by atoms with Gasteiger partial charge in [0.1, 0.15) is 5.52 Å². The van der Waals surface area contributed by atoms with Crippen LogP contribution in [0.4, 0.5) is 5.69 Å². The van der Waals surface area contributed by atoms with Crippen molar-refractivity contribution in [3.63, 3.8) is 0 Å². The lowest BCUT2D eigenvalue weighted by molar-refractivity contribution is -0.384. The number of carbonyl (C=O) groups is 1. The van der Waals surface area contributed by atoms with E-state index in [1.165, 1.54) is 31.0 Å². The summed E-state index contributed by atoms with van der Waals surface area (Å²) < 4.78 is 17.5. The summed E-state index contributed by atoms with van der Waals surface area (Å²) in [5, 5.41) is 14.0. The summed E-state index contributed by atoms with van der Waals surface area (Å²) in [4.78, 5) is 27.6. The molecule has 0 bridgehead atoms. The maximum atomic E-state index is 12.6. The molecule has 5 rings (SSSR count). The predicted octanol–water partition coefficient (Wildman–Crippen LogP) is 4.53. The quantitative estimate of drug-likeness (QED) is 0.402. The van der Waals surface area contributed by atoms with E-state index >= 15 is 0 Å². The molecule has 1 saturated carbocycles. The molecule has 2 fully saturated rings. The first kappa shape index (κ1) is 22.2. The van der Waals surface area contributed by atoms with Crippen LogP contribution >= 0.6 is 0 Å². The SMILES string of the molecule is COc1ccc([C@H]2CNC(=O)[C@@H](Cc3nc4cc([N+](=O)[O-])ccc4o3)C2)cc1OC1CCCC1. The number of carbonyl (C=O) groups excluding carboxylic acids is 1. The largest absolute Gasteiger partial charge is 0.493 e. The number of ether oxygens (including phenoxy) is 2. The molecule has 3 aromatic rings. The normalized spacial score (nSPS) is 20.9. The highest BCUT2D eigenvalue weighted by Crippen LogP contribution is 2.37. The number of rotatable bonds is 7. The van der Waals surface area contributed by atoms with Gasteiger partial charge in [-0.25, -0.2) is 4.98 Å². The van der Waals surface area contributed by atoms with Crippen LogP contribution < -0.4 is 14.8 Å². The number of benzene rings is 2. The van der Waals surface area contributed by atoms with Gasteiger partial charge >= 0.3 is 0 Å². The molecule has 1 aliphatic carbocycles. The number of nitrogens with zero attached hydrogens (tertiary/aromatic N) is 2. The molecule has 1 aromatic heterocycles. The summed E-state index contributed by atoms with van der Waals surface area (Å²) in [6, 6.07) is 10.3. The van der Waals surface area contributed by atoms with Gasteiger partial charge in [-0.05, 0) is 55.9 Å². The van der Waals surface area contributed by atoms with Gasteiger partial charge in [-0.3, -0.25) is 14.9 Å². The van der Waals surface area contributed by atoms with Crippen LogP contribution in [0.15, 0.2) is 40.8 Å². The first-order valence-electron chi connectivity index (χ1n) is 11.7. The minimum Gasteiger partial charge on any atom is -0.493 e. The Bertz CT molecular complexity index is 1220. The van der Waals surface area contributed by atoms with Crippen molar-refractivity contribution in [1.29, 1.82) is 0 Å². The van der Waals surface area contributed by atoms with Crippen molar-refractivity contribution in [2.75, 3.05) is 13.7 Å². The van der Waals surface area contributed by atoms with Gasteiger partial charge in [-0.15, -0.1) is 0 Å². The number of fused-ring (bicyclic) bond motifs is 1. The standard InChI is InChI=1S/C25H27N3O6/c1-32-22-8-6-15(11-23(22)33-19-4-2-3-5-19)17-10-16(25(29)26-14-17)12-24-27-20-13-18(28(30)31)7-9-21(20)34-24/h6-9,11,13,16-17,19H,2-5,10,12,14H2,1H3,(H,26,29)/t16-,17-/m1/s1. The molecule has 0 unspecified atom stereocenters. The van der Waals surface area contributed by atoms with Crippen molar-refractivity contribution < 1.29 is 23.6 Å². The van der Waals surface area contributed by atoms with E-state index in [1.807, 2.05) is 18.2 Å². The van der Waals surface area contributed by atoms with E-state index < -0.39 is 4.92 Å². The third-order valence-corrected chi connectivity index (χ3v) is 6.76. The first-order valence-corrected chi connectivity index (χ1v) is 11.7. The number of hydrogen-bond donors (Lipinski definition) is 1. The molecule has 1 N–H and O–H groups in total. The molecular weight excluding hydrogens is 438 g/mol. The fourth-order valence-corrected chi connectivity index (χ4v) is 4.93. The van der Waals surface area contributed by atoms with Crippen molar-refractivity contribution >= 4 is 22.7 Å². The number of oxazole rings is 1. The fourth-order valence-electron chi connectivity index (χ4n) is 4.93. The third kappa shape index (κ3) is 4.55. The fraction of sp³-hybridized carbons (Fsp3) is 0.440. The number of amides is 1. The number of nitrogens with one attached hydrogen (secondary N) is 1. The van der Waals surface area contributed by atoms with Gasteiger partial charge in [0.25, 0.3) is 5.69 Å². The maximum absolute atomic E-state index is 12.6. The summed E-state index contributed by atoms with van der Waals surface area (Å²) in [7, 11) is 1.64. The van der Waals surface area contributed by atoms with Crippen LogP contribution in [0, 0.1) is 16.0 Å². The molecular formula is C25H27N3O6. The summed E-state index contributed by atoms with van der Waals surface area (Å²) in [5.74, 6) is 1.62. The van der Waals surface area contributed by atoms with Crippen LogP contribution in [0.2, 0.25) is 0 Å². The summed E-state index contributed by atoms with van der Waals surface area (Å²) in [6.07, 6.45) is 5.67. The number of aromatic nitrogens is 1. The number of hydrogen-bond acceptors (Lipinski definition) is 7. The molecule has 178 valence electrons. The van der Waals surface area contributed by atoms with Crippen LogP contribution in [0.3, 0.4) is 0 Å². The van der Waals surface area contributed by atoms with Crippen molar-refractivity contribution in [2.45, 2.75) is 50.5 Å². The van der Waals surface area contributed by atoms with Crippen molar-refractivity contribution in [1.82, 2.24) is 10.3 Å². The van der Waals surface area contributed by atoms with Crippen molar-refractivity contribution in [3.8, 4) is 11.5 Å². The van der Waals surface area contributed by atoms with Crippen LogP contribution in [0.25, 0.3) is 11.1 Å². The van der Waals surface area contributed by atoms with E-state index in [9.17, 15) is 14.9 Å². The predicted molar refractivity (Wildman–Crippen MR) is 124 cm³/mol. The van der Waals surface area contributed by atoms with Gasteiger partial charge < -0.3 is 19.2 Å². The molecule has 1 saturated heterocycles. The Morgan fingerprint density at radius 2 is 2.00 bits per heavy atom. The van der Waals surface area contributed by atoms with E-state index in [0.717, 1.165) is 24.2 Å². The lowest BCUT2D eigenvalue weighted by Crippen LogP contribution is -2.41. The Labute approximate surface area is 196 Å². The Hall–Kier alpha value is -3.62. The number of piperidine rings is 1. The highest BCUT2D eigenvalue weighted by molar-refractivity contribution is 5.80. The minimum absolute atomic E-state index is 0.0413. The monoisotopic (exact) mass is 465 g/mol. The van der Waals surface area contributed by atoms with E-state index in [2.05, 4.69) is 10.3 Å². The second kappa shape index (κ2) is 9.32. The van der Waals surface area contributed by atoms with Gasteiger partial charge in [-0.2, -0.15) is 0 Å². The van der Waals surface area contributed by atoms with Gasteiger partial charge in [0.15, 0.2) is 23.0 Å². The number of nitro groups is 1. The highest BCUT2D eigenvalue weighted by Gasteiger charge is 2.31. The minimum atomic E-state index is -0.466. The van der Waals surface area contributed by atoms with E-state index in [4.69, 9.17) is 13.9 Å². The summed E-state index contributed by atoms with van der Waals surface area (Å²) in [5.41, 5.74) is 1.93. The molecule has 2 aliphatic rings.